The number of pyridine rings is 1. The number of hydrogen-bond acceptors (Lipinski definition) is 7. The van der Waals surface area contributed by atoms with Crippen LogP contribution in [-0.4, -0.2) is 66.8 Å². The number of anilines is 1. The van der Waals surface area contributed by atoms with Gasteiger partial charge in [-0.05, 0) is 93.6 Å². The van der Waals surface area contributed by atoms with E-state index in [1.165, 1.54) is 12.1 Å². The number of aliphatic hydroxyl groups excluding tert-OH is 1. The van der Waals surface area contributed by atoms with Gasteiger partial charge in [0.05, 0.1) is 18.4 Å². The fraction of sp³-hybridized carbons (Fsp3) is 0.486. The van der Waals surface area contributed by atoms with E-state index in [4.69, 9.17) is 21.1 Å². The van der Waals surface area contributed by atoms with Gasteiger partial charge < -0.3 is 26.2 Å². The van der Waals surface area contributed by atoms with Gasteiger partial charge in [-0.15, -0.1) is 0 Å². The summed E-state index contributed by atoms with van der Waals surface area (Å²) in [7, 11) is 2.00. The Morgan fingerprint density at radius 3 is 2.51 bits per heavy atom. The second-order valence-electron chi connectivity index (χ2n) is 11.1. The summed E-state index contributed by atoms with van der Waals surface area (Å²) < 4.78 is 20.6. The molecule has 2 aliphatic rings. The number of primary amides is 1. The molecule has 4 rings (SSSR count). The minimum Gasteiger partial charge on any atom is -0.492 e. The highest BCUT2D eigenvalue weighted by atomic mass is 35.5. The topological polar surface area (TPSA) is 113 Å². The Morgan fingerprint density at radius 1 is 1.20 bits per heavy atom. The average Bonchev–Trinajstić information content (AvgIpc) is 2.99. The van der Waals surface area contributed by atoms with Crippen molar-refractivity contribution < 1.29 is 19.0 Å². The average molecular weight is 644 g/mol. The third-order valence-electron chi connectivity index (χ3n) is 7.87. The van der Waals surface area contributed by atoms with E-state index < -0.39 is 5.82 Å². The number of ether oxygens (including phenoxy) is 1. The number of nitrogens with one attached hydrogen (secondary N) is 2. The molecule has 1 aromatic heterocycles. The van der Waals surface area contributed by atoms with Crippen molar-refractivity contribution in [3.8, 4) is 0 Å². The van der Waals surface area contributed by atoms with Gasteiger partial charge in [-0.3, -0.25) is 14.7 Å². The number of aromatic nitrogens is 1. The van der Waals surface area contributed by atoms with Crippen LogP contribution >= 0.6 is 11.6 Å². The zero-order valence-corrected chi connectivity index (χ0v) is 28.0. The lowest BCUT2D eigenvalue weighted by Crippen LogP contribution is -2.46. The maximum atomic E-state index is 14.6. The molecule has 2 aliphatic carbocycles. The van der Waals surface area contributed by atoms with Gasteiger partial charge in [-0.2, -0.15) is 0 Å². The first-order valence-electron chi connectivity index (χ1n) is 15.8. The lowest BCUT2D eigenvalue weighted by atomic mass is 9.77. The third kappa shape index (κ3) is 11.9. The summed E-state index contributed by atoms with van der Waals surface area (Å²) in [5.74, 6) is 0.721. The van der Waals surface area contributed by atoms with Crippen LogP contribution in [0.1, 0.15) is 70.1 Å². The molecule has 248 valence electrons. The van der Waals surface area contributed by atoms with Crippen LogP contribution in [0.3, 0.4) is 0 Å². The summed E-state index contributed by atoms with van der Waals surface area (Å²) in [6.07, 6.45) is 8.33. The first-order chi connectivity index (χ1) is 21.7. The molecule has 0 spiro atoms. The molecule has 2 fully saturated rings. The zero-order chi connectivity index (χ0) is 33.4. The normalized spacial score (nSPS) is 20.3. The Hall–Kier alpha value is -3.24. The lowest BCUT2D eigenvalue weighted by molar-refractivity contribution is -0.106. The van der Waals surface area contributed by atoms with E-state index >= 15 is 0 Å². The van der Waals surface area contributed by atoms with Gasteiger partial charge in [0.2, 0.25) is 6.41 Å². The molecule has 0 saturated heterocycles. The summed E-state index contributed by atoms with van der Waals surface area (Å²) >= 11 is 6.13. The maximum Gasteiger partial charge on any atom is 0.204 e. The van der Waals surface area contributed by atoms with Crippen LogP contribution in [0, 0.1) is 11.7 Å². The van der Waals surface area contributed by atoms with E-state index in [9.17, 15) is 9.50 Å². The second kappa shape index (κ2) is 20.0. The van der Waals surface area contributed by atoms with Gasteiger partial charge >= 0.3 is 0 Å². The van der Waals surface area contributed by atoms with Crippen LogP contribution in [-0.2, 0) is 9.53 Å². The van der Waals surface area contributed by atoms with E-state index in [0.717, 1.165) is 63.1 Å². The molecule has 1 aromatic carbocycles. The van der Waals surface area contributed by atoms with Crippen molar-refractivity contribution >= 4 is 29.3 Å². The number of halogens is 2. The molecule has 1 amide bonds. The molecular formula is C35H51ClFN5O3. The highest BCUT2D eigenvalue weighted by Gasteiger charge is 2.35. The fourth-order valence-corrected chi connectivity index (χ4v) is 5.54. The van der Waals surface area contributed by atoms with Gasteiger partial charge in [-0.25, -0.2) is 4.39 Å². The molecule has 0 radical (unpaired) electrons. The SMILES string of the molecule is C=C(OCC1CC(O)C1)/C(=C\C(=C)c1cc(Cl)ccc1F)Nc1ccnc(C2CC(N(CCC)CCNC)C2)c1.CC.NC=O. The number of rotatable bonds is 15. The van der Waals surface area contributed by atoms with Crippen LogP contribution < -0.4 is 16.4 Å². The molecule has 2 aromatic rings. The number of hydrogen-bond donors (Lipinski definition) is 4. The predicted molar refractivity (Wildman–Crippen MR) is 183 cm³/mol. The highest BCUT2D eigenvalue weighted by molar-refractivity contribution is 6.30. The lowest BCUT2D eigenvalue weighted by Gasteiger charge is -2.43. The Bertz CT molecular complexity index is 1260. The number of nitrogens with two attached hydrogens (primary N) is 1. The molecule has 10 heteroatoms. The second-order valence-corrected chi connectivity index (χ2v) is 11.6. The fourth-order valence-electron chi connectivity index (χ4n) is 5.37. The van der Waals surface area contributed by atoms with Crippen molar-refractivity contribution in [2.24, 2.45) is 11.7 Å². The monoisotopic (exact) mass is 643 g/mol. The van der Waals surface area contributed by atoms with Crippen molar-refractivity contribution in [1.82, 2.24) is 15.2 Å². The molecule has 5 N–H and O–H groups in total. The van der Waals surface area contributed by atoms with Gasteiger partial charge in [-0.1, -0.05) is 45.5 Å². The molecule has 8 nitrogen and oxygen atoms in total. The standard InChI is InChI=1S/C32H42ClFN4O2.C2H6.CH3NO/c1-5-11-38(12-10-35-4)27-16-24(17-27)32-19-26(8-9-36-32)37-31(22(3)40-20-23-14-28(39)15-23)13-21(2)29-18-25(33)6-7-30(29)34;1-2;2-1-3/h6-9,13,18-19,23-24,27-28,35,39H,2-3,5,10-12,14-17,20H2,1,4H3,(H,36,37);1-2H3;1H,(H2,2,3)/b31-13+;;. The Labute approximate surface area is 273 Å². The molecule has 0 unspecified atom stereocenters. The van der Waals surface area contributed by atoms with Crippen LogP contribution in [0.15, 0.2) is 67.2 Å². The van der Waals surface area contributed by atoms with Crippen molar-refractivity contribution in [2.75, 3.05) is 38.6 Å². The number of allylic oxidation sites excluding steroid dienone is 2. The largest absolute Gasteiger partial charge is 0.492 e. The minimum atomic E-state index is -0.405. The molecule has 1 heterocycles. The molecule has 45 heavy (non-hydrogen) atoms. The van der Waals surface area contributed by atoms with E-state index in [1.807, 2.05) is 33.2 Å². The molecular weight excluding hydrogens is 593 g/mol. The Kier molecular flexibility index (Phi) is 16.9. The van der Waals surface area contributed by atoms with E-state index in [0.29, 0.717) is 52.1 Å². The number of carbonyl (C=O) groups excluding carboxylic acids is 1. The highest BCUT2D eigenvalue weighted by Crippen LogP contribution is 2.40. The van der Waals surface area contributed by atoms with Gasteiger partial charge in [0, 0.05) is 53.2 Å². The first kappa shape index (κ1) is 37.9. The predicted octanol–water partition coefficient (Wildman–Crippen LogP) is 6.49. The quantitative estimate of drug-likeness (QED) is 0.0997. The van der Waals surface area contributed by atoms with Crippen molar-refractivity contribution in [3.05, 3.63) is 89.3 Å². The number of aliphatic hydroxyl groups is 1. The van der Waals surface area contributed by atoms with Crippen LogP contribution in [0.4, 0.5) is 10.1 Å². The van der Waals surface area contributed by atoms with E-state index in [1.54, 1.807) is 12.1 Å². The third-order valence-corrected chi connectivity index (χ3v) is 8.10. The minimum absolute atomic E-state index is 0.250. The van der Waals surface area contributed by atoms with Crippen molar-refractivity contribution in [3.63, 3.8) is 0 Å². The molecule has 0 aliphatic heterocycles. The number of carbonyl (C=O) groups is 1. The van der Waals surface area contributed by atoms with Gasteiger partial charge in [0.15, 0.2) is 0 Å². The Balaban J connectivity index is 0.00000133. The first-order valence-corrected chi connectivity index (χ1v) is 16.2. The molecule has 0 bridgehead atoms. The van der Waals surface area contributed by atoms with E-state index in [2.05, 4.69) is 52.4 Å². The van der Waals surface area contributed by atoms with Gasteiger partial charge in [0.25, 0.3) is 0 Å². The number of nitrogens with zero attached hydrogens (tertiary/aromatic N) is 2. The summed E-state index contributed by atoms with van der Waals surface area (Å²) in [6, 6.07) is 8.96. The molecule has 2 saturated carbocycles. The van der Waals surface area contributed by atoms with Gasteiger partial charge in [0.1, 0.15) is 11.6 Å². The molecule has 0 atom stereocenters. The van der Waals surface area contributed by atoms with Crippen molar-refractivity contribution in [2.45, 2.75) is 70.9 Å². The van der Waals surface area contributed by atoms with Crippen LogP contribution in [0.2, 0.25) is 5.02 Å². The van der Waals surface area contributed by atoms with Crippen LogP contribution in [0.25, 0.3) is 5.57 Å². The summed E-state index contributed by atoms with van der Waals surface area (Å²) in [6.45, 7) is 18.1. The Morgan fingerprint density at radius 2 is 1.89 bits per heavy atom. The van der Waals surface area contributed by atoms with E-state index in [-0.39, 0.29) is 12.5 Å². The smallest absolute Gasteiger partial charge is 0.204 e. The summed E-state index contributed by atoms with van der Waals surface area (Å²) in [5, 5.41) is 16.7. The number of amides is 1. The van der Waals surface area contributed by atoms with Crippen molar-refractivity contribution in [1.29, 1.82) is 0 Å². The number of benzene rings is 1. The van der Waals surface area contributed by atoms with Crippen LogP contribution in [0.5, 0.6) is 0 Å². The zero-order valence-electron chi connectivity index (χ0n) is 27.2. The summed E-state index contributed by atoms with van der Waals surface area (Å²) in [4.78, 5) is 15.8. The summed E-state index contributed by atoms with van der Waals surface area (Å²) in [5.41, 5.74) is 7.41. The maximum absolute atomic E-state index is 14.6. The number of likely N-dealkylation sites (N-methyl/N-ethyl adjacent to an activating group) is 1.